The highest BCUT2D eigenvalue weighted by atomic mass is 32.1. The van der Waals surface area contributed by atoms with Gasteiger partial charge < -0.3 is 10.6 Å². The number of thiophene rings is 1. The van der Waals surface area contributed by atoms with Crippen LogP contribution in [0.5, 0.6) is 0 Å². The van der Waals surface area contributed by atoms with Gasteiger partial charge in [0.2, 0.25) is 0 Å². The monoisotopic (exact) mass is 288 g/mol. The number of para-hydroxylation sites is 1. The Morgan fingerprint density at radius 2 is 1.90 bits per heavy atom. The van der Waals surface area contributed by atoms with E-state index in [0.717, 1.165) is 11.3 Å². The van der Waals surface area contributed by atoms with Crippen LogP contribution in [-0.2, 0) is 0 Å². The average Bonchev–Trinajstić information content (AvgIpc) is 2.92. The normalized spacial score (nSPS) is 12.2. The van der Waals surface area contributed by atoms with Crippen LogP contribution < -0.4 is 10.6 Å². The van der Waals surface area contributed by atoms with Crippen molar-refractivity contribution in [2.45, 2.75) is 32.9 Å². The minimum Gasteiger partial charge on any atom is -0.382 e. The summed E-state index contributed by atoms with van der Waals surface area (Å²) in [5.41, 5.74) is 2.69. The molecule has 4 heteroatoms. The molecule has 1 unspecified atom stereocenters. The predicted octanol–water partition coefficient (Wildman–Crippen LogP) is 4.06. The standard InChI is InChI=1S/C16H20N2OS/c1-11(2)17-15-7-5-4-6-14(15)16(19)18-12(3)13-8-9-20-10-13/h4-12,17H,1-3H3,(H,18,19). The molecule has 1 aromatic heterocycles. The summed E-state index contributed by atoms with van der Waals surface area (Å²) < 4.78 is 0. The molecule has 0 aliphatic heterocycles. The Morgan fingerprint density at radius 1 is 1.15 bits per heavy atom. The first-order valence-corrected chi connectivity index (χ1v) is 7.70. The Kier molecular flexibility index (Phi) is 4.79. The van der Waals surface area contributed by atoms with Gasteiger partial charge >= 0.3 is 0 Å². The van der Waals surface area contributed by atoms with E-state index < -0.39 is 0 Å². The number of benzene rings is 1. The van der Waals surface area contributed by atoms with E-state index >= 15 is 0 Å². The number of carbonyl (C=O) groups excluding carboxylic acids is 1. The van der Waals surface area contributed by atoms with E-state index in [1.54, 1.807) is 11.3 Å². The van der Waals surface area contributed by atoms with Crippen LogP contribution in [0.15, 0.2) is 41.1 Å². The van der Waals surface area contributed by atoms with E-state index in [2.05, 4.69) is 29.9 Å². The molecule has 0 bridgehead atoms. The maximum Gasteiger partial charge on any atom is 0.253 e. The van der Waals surface area contributed by atoms with Crippen molar-refractivity contribution >= 4 is 22.9 Å². The largest absolute Gasteiger partial charge is 0.382 e. The first-order valence-electron chi connectivity index (χ1n) is 6.76. The Morgan fingerprint density at radius 3 is 2.55 bits per heavy atom. The highest BCUT2D eigenvalue weighted by Crippen LogP contribution is 2.19. The highest BCUT2D eigenvalue weighted by molar-refractivity contribution is 7.07. The molecule has 1 atom stereocenters. The topological polar surface area (TPSA) is 41.1 Å². The minimum absolute atomic E-state index is 0.0147. The van der Waals surface area contributed by atoms with Gasteiger partial charge in [0.15, 0.2) is 0 Å². The smallest absolute Gasteiger partial charge is 0.253 e. The summed E-state index contributed by atoms with van der Waals surface area (Å²) in [5, 5.41) is 10.4. The fourth-order valence-corrected chi connectivity index (χ4v) is 2.75. The first-order chi connectivity index (χ1) is 9.58. The van der Waals surface area contributed by atoms with E-state index in [9.17, 15) is 4.79 Å². The van der Waals surface area contributed by atoms with Crippen molar-refractivity contribution in [2.24, 2.45) is 0 Å². The van der Waals surface area contributed by atoms with Crippen LogP contribution in [0, 0.1) is 0 Å². The van der Waals surface area contributed by atoms with E-state index in [1.165, 1.54) is 0 Å². The fraction of sp³-hybridized carbons (Fsp3) is 0.312. The summed E-state index contributed by atoms with van der Waals surface area (Å²) in [6.45, 7) is 6.11. The number of hydrogen-bond acceptors (Lipinski definition) is 3. The summed E-state index contributed by atoms with van der Waals surface area (Å²) in [6, 6.07) is 9.94. The number of nitrogens with one attached hydrogen (secondary N) is 2. The van der Waals surface area contributed by atoms with Crippen molar-refractivity contribution in [1.29, 1.82) is 0 Å². The third-order valence-corrected chi connectivity index (χ3v) is 3.71. The van der Waals surface area contributed by atoms with Crippen LogP contribution in [0.1, 0.15) is 42.7 Å². The molecule has 106 valence electrons. The Balaban J connectivity index is 2.13. The van der Waals surface area contributed by atoms with Crippen molar-refractivity contribution in [3.05, 3.63) is 52.2 Å². The third-order valence-electron chi connectivity index (χ3n) is 3.01. The summed E-state index contributed by atoms with van der Waals surface area (Å²) >= 11 is 1.64. The average molecular weight is 288 g/mol. The lowest BCUT2D eigenvalue weighted by molar-refractivity contribution is 0.0940. The van der Waals surface area contributed by atoms with Gasteiger partial charge in [0, 0.05) is 11.7 Å². The number of carbonyl (C=O) groups is 1. The SMILES string of the molecule is CC(C)Nc1ccccc1C(=O)NC(C)c1ccsc1. The molecular weight excluding hydrogens is 268 g/mol. The molecule has 3 nitrogen and oxygen atoms in total. The van der Waals surface area contributed by atoms with Gasteiger partial charge in [-0.15, -0.1) is 0 Å². The van der Waals surface area contributed by atoms with Gasteiger partial charge in [0.1, 0.15) is 0 Å². The van der Waals surface area contributed by atoms with Crippen LogP contribution in [0.4, 0.5) is 5.69 Å². The predicted molar refractivity (Wildman–Crippen MR) is 85.4 cm³/mol. The molecule has 2 rings (SSSR count). The zero-order valence-corrected chi connectivity index (χ0v) is 12.8. The molecule has 0 saturated carbocycles. The lowest BCUT2D eigenvalue weighted by Crippen LogP contribution is -2.27. The van der Waals surface area contributed by atoms with Crippen LogP contribution in [0.3, 0.4) is 0 Å². The molecule has 0 aliphatic rings. The van der Waals surface area contributed by atoms with E-state index in [4.69, 9.17) is 0 Å². The van der Waals surface area contributed by atoms with Gasteiger partial charge in [-0.05, 0) is 55.3 Å². The van der Waals surface area contributed by atoms with Gasteiger partial charge in [0.25, 0.3) is 5.91 Å². The van der Waals surface area contributed by atoms with E-state index in [-0.39, 0.29) is 11.9 Å². The van der Waals surface area contributed by atoms with Crippen LogP contribution in [0.25, 0.3) is 0 Å². The van der Waals surface area contributed by atoms with E-state index in [0.29, 0.717) is 11.6 Å². The Bertz CT molecular complexity index is 564. The Labute approximate surface area is 124 Å². The summed E-state index contributed by atoms with van der Waals surface area (Å²) in [4.78, 5) is 12.4. The molecule has 0 aliphatic carbocycles. The quantitative estimate of drug-likeness (QED) is 0.871. The van der Waals surface area contributed by atoms with Gasteiger partial charge in [-0.3, -0.25) is 4.79 Å². The summed E-state index contributed by atoms with van der Waals surface area (Å²) in [6.07, 6.45) is 0. The molecule has 0 spiro atoms. The molecule has 0 fully saturated rings. The van der Waals surface area contributed by atoms with Crippen LogP contribution in [0.2, 0.25) is 0 Å². The second-order valence-corrected chi connectivity index (χ2v) is 5.88. The maximum atomic E-state index is 12.4. The number of anilines is 1. The third kappa shape index (κ3) is 3.61. The van der Waals surface area contributed by atoms with Gasteiger partial charge in [-0.1, -0.05) is 12.1 Å². The molecule has 1 heterocycles. The number of hydrogen-bond donors (Lipinski definition) is 2. The Hall–Kier alpha value is -1.81. The van der Waals surface area contributed by atoms with Crippen molar-refractivity contribution < 1.29 is 4.79 Å². The van der Waals surface area contributed by atoms with Crippen molar-refractivity contribution in [3.8, 4) is 0 Å². The second kappa shape index (κ2) is 6.57. The highest BCUT2D eigenvalue weighted by Gasteiger charge is 2.15. The van der Waals surface area contributed by atoms with Crippen molar-refractivity contribution in [3.63, 3.8) is 0 Å². The molecule has 20 heavy (non-hydrogen) atoms. The molecule has 1 aromatic carbocycles. The van der Waals surface area contributed by atoms with Gasteiger partial charge in [-0.2, -0.15) is 11.3 Å². The molecule has 1 amide bonds. The maximum absolute atomic E-state index is 12.4. The van der Waals surface area contributed by atoms with Gasteiger partial charge in [0.05, 0.1) is 11.6 Å². The zero-order chi connectivity index (χ0) is 14.5. The zero-order valence-electron chi connectivity index (χ0n) is 12.0. The van der Waals surface area contributed by atoms with Crippen LogP contribution >= 0.6 is 11.3 Å². The van der Waals surface area contributed by atoms with Gasteiger partial charge in [-0.25, -0.2) is 0 Å². The number of amides is 1. The van der Waals surface area contributed by atoms with Crippen molar-refractivity contribution in [1.82, 2.24) is 5.32 Å². The summed E-state index contributed by atoms with van der Waals surface area (Å²) in [5.74, 6) is -0.0487. The molecule has 0 radical (unpaired) electrons. The fourth-order valence-electron chi connectivity index (χ4n) is 2.00. The van der Waals surface area contributed by atoms with E-state index in [1.807, 2.05) is 42.6 Å². The molecule has 0 saturated heterocycles. The minimum atomic E-state index is -0.0487. The van der Waals surface area contributed by atoms with Crippen LogP contribution in [-0.4, -0.2) is 11.9 Å². The lowest BCUT2D eigenvalue weighted by Gasteiger charge is -2.17. The second-order valence-electron chi connectivity index (χ2n) is 5.10. The number of rotatable bonds is 5. The molecule has 2 aromatic rings. The molecular formula is C16H20N2OS. The lowest BCUT2D eigenvalue weighted by atomic mass is 10.1. The first kappa shape index (κ1) is 14.6. The molecule has 2 N–H and O–H groups in total. The van der Waals surface area contributed by atoms with Crippen molar-refractivity contribution in [2.75, 3.05) is 5.32 Å². The summed E-state index contributed by atoms with van der Waals surface area (Å²) in [7, 11) is 0.